The van der Waals surface area contributed by atoms with Crippen LogP contribution in [-0.4, -0.2) is 50.9 Å². The van der Waals surface area contributed by atoms with Gasteiger partial charge >= 0.3 is 6.18 Å². The molecular formula is C28H28F4N7O2+. The maximum atomic E-state index is 15.6. The van der Waals surface area contributed by atoms with E-state index in [2.05, 4.69) is 15.3 Å². The van der Waals surface area contributed by atoms with Crippen LogP contribution in [-0.2, 0) is 11.0 Å². The summed E-state index contributed by atoms with van der Waals surface area (Å²) in [7, 11) is 0. The summed E-state index contributed by atoms with van der Waals surface area (Å²) in [6.07, 6.45) is 2.86. The average molecular weight is 571 g/mol. The number of nitrogens with one attached hydrogen (secondary N) is 1. The Morgan fingerprint density at radius 2 is 1.98 bits per heavy atom. The molecule has 3 N–H and O–H groups in total. The van der Waals surface area contributed by atoms with Gasteiger partial charge in [-0.25, -0.2) is 9.37 Å². The maximum absolute atomic E-state index is 15.6. The van der Waals surface area contributed by atoms with E-state index < -0.39 is 28.1 Å². The molecule has 1 unspecified atom stereocenters. The van der Waals surface area contributed by atoms with Gasteiger partial charge in [-0.15, -0.1) is 4.59 Å². The Bertz CT molecular complexity index is 1530. The number of benzene rings is 1. The van der Waals surface area contributed by atoms with E-state index in [1.54, 1.807) is 12.4 Å². The second-order valence-corrected chi connectivity index (χ2v) is 10.2. The first-order valence-corrected chi connectivity index (χ1v) is 13.1. The van der Waals surface area contributed by atoms with E-state index in [1.165, 1.54) is 18.3 Å². The molecule has 0 spiro atoms. The summed E-state index contributed by atoms with van der Waals surface area (Å²) >= 11 is 0. The Labute approximate surface area is 233 Å². The van der Waals surface area contributed by atoms with Crippen LogP contribution >= 0.6 is 0 Å². The van der Waals surface area contributed by atoms with E-state index in [9.17, 15) is 22.8 Å². The highest BCUT2D eigenvalue weighted by molar-refractivity contribution is 6.05. The number of nitrogens with zero attached hydrogens (tertiary/aromatic N) is 5. The molecule has 1 saturated heterocycles. The van der Waals surface area contributed by atoms with Crippen molar-refractivity contribution in [2.45, 2.75) is 45.3 Å². The Kier molecular flexibility index (Phi) is 7.34. The van der Waals surface area contributed by atoms with Crippen molar-refractivity contribution in [3.05, 3.63) is 82.8 Å². The summed E-state index contributed by atoms with van der Waals surface area (Å²) in [5.74, 6) is 4.87. The number of piperidine rings is 1. The SMILES string of the molecule is CCC(=O)N1C[C@H](C2=C3C=NC=C[N+]3(N)C(c3ccc(C(=O)Nc4cc(C(F)(F)F)ccn4)cc3F)=N2)CC[C@@H]1C. The number of hydrogen-bond donors (Lipinski definition) is 2. The van der Waals surface area contributed by atoms with Crippen molar-refractivity contribution in [3.8, 4) is 0 Å². The molecular weight excluding hydrogens is 542 g/mol. The monoisotopic (exact) mass is 570 g/mol. The summed E-state index contributed by atoms with van der Waals surface area (Å²) in [5.41, 5.74) is 0.106. The van der Waals surface area contributed by atoms with Crippen LogP contribution in [0.25, 0.3) is 0 Å². The molecule has 2 aromatic rings. The summed E-state index contributed by atoms with van der Waals surface area (Å²) < 4.78 is 54.2. The Morgan fingerprint density at radius 1 is 1.20 bits per heavy atom. The van der Waals surface area contributed by atoms with Crippen molar-refractivity contribution in [3.63, 3.8) is 0 Å². The lowest BCUT2D eigenvalue weighted by atomic mass is 9.90. The number of amidine groups is 1. The molecule has 0 saturated carbocycles. The number of carbonyl (C=O) groups excluding carboxylic acids is 2. The van der Waals surface area contributed by atoms with E-state index in [0.717, 1.165) is 31.2 Å². The van der Waals surface area contributed by atoms with Crippen LogP contribution in [0.15, 0.2) is 70.3 Å². The third-order valence-corrected chi connectivity index (χ3v) is 7.52. The molecule has 5 rings (SSSR count). The van der Waals surface area contributed by atoms with Gasteiger partial charge in [-0.05, 0) is 50.1 Å². The van der Waals surface area contributed by atoms with Crippen LogP contribution in [0.1, 0.15) is 54.6 Å². The first-order chi connectivity index (χ1) is 19.4. The first-order valence-electron chi connectivity index (χ1n) is 13.1. The number of anilines is 1. The van der Waals surface area contributed by atoms with Crippen LogP contribution in [0.4, 0.5) is 23.4 Å². The molecule has 214 valence electrons. The van der Waals surface area contributed by atoms with E-state index in [-0.39, 0.29) is 40.6 Å². The summed E-state index contributed by atoms with van der Waals surface area (Å²) in [6, 6.07) is 5.22. The highest BCUT2D eigenvalue weighted by atomic mass is 19.4. The number of nitrogens with two attached hydrogens (primary N) is 1. The van der Waals surface area contributed by atoms with Crippen LogP contribution in [0.5, 0.6) is 0 Å². The fourth-order valence-corrected chi connectivity index (χ4v) is 5.27. The highest BCUT2D eigenvalue weighted by Crippen LogP contribution is 2.39. The van der Waals surface area contributed by atoms with Gasteiger partial charge in [0.2, 0.25) is 11.6 Å². The minimum atomic E-state index is -4.61. The molecule has 1 aromatic carbocycles. The van der Waals surface area contributed by atoms with Crippen LogP contribution in [0, 0.1) is 11.7 Å². The minimum Gasteiger partial charge on any atom is -0.339 e. The number of likely N-dealkylation sites (tertiary alicyclic amines) is 1. The topological polar surface area (TPSA) is 113 Å². The third kappa shape index (κ3) is 5.30. The van der Waals surface area contributed by atoms with Crippen molar-refractivity contribution < 1.29 is 31.7 Å². The largest absolute Gasteiger partial charge is 0.416 e. The zero-order chi connectivity index (χ0) is 29.5. The second kappa shape index (κ2) is 10.6. The van der Waals surface area contributed by atoms with E-state index in [1.807, 2.05) is 18.7 Å². The third-order valence-electron chi connectivity index (χ3n) is 7.52. The normalized spacial score (nSPS) is 23.9. The lowest BCUT2D eigenvalue weighted by Gasteiger charge is -2.37. The molecule has 0 bridgehead atoms. The number of amides is 2. The number of aromatic nitrogens is 1. The van der Waals surface area contributed by atoms with Crippen molar-refractivity contribution in [1.82, 2.24) is 9.88 Å². The molecule has 2 amide bonds. The van der Waals surface area contributed by atoms with Gasteiger partial charge < -0.3 is 10.2 Å². The van der Waals surface area contributed by atoms with Gasteiger partial charge in [0.15, 0.2) is 0 Å². The standard InChI is InChI=1S/C28H27F4N7O2/c1-3-24(40)38-15-18(5-4-16(38)2)25-22-14-34-10-11-39(22,33)26(37-25)20-7-6-17(12-21(20)29)27(41)36-23-13-19(8-9-35-23)28(30,31)32/h6-14,16,18H,3-5,15,33H2,1-2H3/p+1/t16-,18+,39?/m0/s1. The molecule has 0 aliphatic carbocycles. The second-order valence-electron chi connectivity index (χ2n) is 10.2. The Hall–Kier alpha value is -4.23. The quantitative estimate of drug-likeness (QED) is 0.307. The fraction of sp³-hybridized carbons (Fsp3) is 0.321. The molecule has 1 aromatic heterocycles. The Morgan fingerprint density at radius 3 is 2.68 bits per heavy atom. The molecule has 1 fully saturated rings. The molecule has 3 aliphatic heterocycles. The van der Waals surface area contributed by atoms with Crippen LogP contribution in [0.3, 0.4) is 0 Å². The number of quaternary nitrogens is 1. The first kappa shape index (κ1) is 28.3. The highest BCUT2D eigenvalue weighted by Gasteiger charge is 2.47. The van der Waals surface area contributed by atoms with E-state index in [4.69, 9.17) is 10.8 Å². The molecule has 4 heterocycles. The zero-order valence-electron chi connectivity index (χ0n) is 22.3. The van der Waals surface area contributed by atoms with Gasteiger partial charge in [-0.3, -0.25) is 14.6 Å². The summed E-state index contributed by atoms with van der Waals surface area (Å²) in [5, 5.41) is 2.27. The van der Waals surface area contributed by atoms with Crippen molar-refractivity contribution in [1.29, 1.82) is 0 Å². The van der Waals surface area contributed by atoms with Crippen molar-refractivity contribution in [2.24, 2.45) is 21.7 Å². The average Bonchev–Trinajstić information content (AvgIpc) is 3.25. The molecule has 13 heteroatoms. The number of carbonyl (C=O) groups is 2. The number of aliphatic imine (C=N–C) groups is 2. The zero-order valence-corrected chi connectivity index (χ0v) is 22.3. The smallest absolute Gasteiger partial charge is 0.339 e. The molecule has 3 aliphatic rings. The maximum Gasteiger partial charge on any atom is 0.416 e. The number of alkyl halides is 3. The predicted octanol–water partition coefficient (Wildman–Crippen LogP) is 4.75. The van der Waals surface area contributed by atoms with Crippen molar-refractivity contribution >= 4 is 29.7 Å². The number of allylic oxidation sites excluding steroid dienone is 1. The molecule has 3 atom stereocenters. The van der Waals surface area contributed by atoms with Crippen LogP contribution in [0.2, 0.25) is 0 Å². The van der Waals surface area contributed by atoms with Gasteiger partial charge in [-0.2, -0.15) is 24.0 Å². The fourth-order valence-electron chi connectivity index (χ4n) is 5.27. The number of halogens is 4. The lowest BCUT2D eigenvalue weighted by molar-refractivity contribution is -0.750. The van der Waals surface area contributed by atoms with Crippen molar-refractivity contribution in [2.75, 3.05) is 11.9 Å². The van der Waals surface area contributed by atoms with Gasteiger partial charge in [0.05, 0.1) is 23.5 Å². The molecule has 9 nitrogen and oxygen atoms in total. The van der Waals surface area contributed by atoms with Gasteiger partial charge in [0.25, 0.3) is 11.7 Å². The predicted molar refractivity (Wildman–Crippen MR) is 143 cm³/mol. The minimum absolute atomic E-state index is 0.0411. The lowest BCUT2D eigenvalue weighted by Crippen LogP contribution is -2.53. The number of rotatable bonds is 5. The number of hydrogen-bond acceptors (Lipinski definition) is 6. The van der Waals surface area contributed by atoms with E-state index in [0.29, 0.717) is 30.4 Å². The van der Waals surface area contributed by atoms with E-state index >= 15 is 4.39 Å². The Balaban J connectivity index is 1.43. The number of pyridine rings is 1. The van der Waals surface area contributed by atoms with Gasteiger partial charge in [0, 0.05) is 36.7 Å². The molecule has 0 radical (unpaired) electrons. The van der Waals surface area contributed by atoms with Gasteiger partial charge in [-0.1, -0.05) is 6.92 Å². The summed E-state index contributed by atoms with van der Waals surface area (Å²) in [6.45, 7) is 4.27. The summed E-state index contributed by atoms with van der Waals surface area (Å²) in [4.78, 5) is 39.8. The van der Waals surface area contributed by atoms with Crippen LogP contribution < -0.4 is 11.2 Å². The van der Waals surface area contributed by atoms with Gasteiger partial charge in [0.1, 0.15) is 23.5 Å². The molecule has 41 heavy (non-hydrogen) atoms. The number of fused-ring (bicyclic) bond motifs is 1.